The first-order chi connectivity index (χ1) is 16.0. The lowest BCUT2D eigenvalue weighted by atomic mass is 9.80. The van der Waals surface area contributed by atoms with Crippen LogP contribution in [0.2, 0.25) is 0 Å². The molecule has 3 atom stereocenters. The van der Waals surface area contributed by atoms with Crippen LogP contribution in [0.3, 0.4) is 0 Å². The molecular formula is C25H37N5O3. The van der Waals surface area contributed by atoms with Gasteiger partial charge in [0.2, 0.25) is 11.8 Å². The van der Waals surface area contributed by atoms with E-state index in [1.54, 1.807) is 0 Å². The van der Waals surface area contributed by atoms with Gasteiger partial charge in [-0.1, -0.05) is 43.2 Å². The zero-order valence-electron chi connectivity index (χ0n) is 19.8. The van der Waals surface area contributed by atoms with Gasteiger partial charge in [-0.05, 0) is 38.7 Å². The van der Waals surface area contributed by atoms with E-state index >= 15 is 0 Å². The number of hydrogen-bond donors (Lipinski definition) is 2. The molecule has 8 heteroatoms. The molecule has 2 aliphatic heterocycles. The van der Waals surface area contributed by atoms with E-state index in [4.69, 9.17) is 4.74 Å². The molecule has 4 rings (SSSR count). The molecule has 0 bridgehead atoms. The summed E-state index contributed by atoms with van der Waals surface area (Å²) in [5.41, 5.74) is 4.31. The standard InChI is InChI=1S/C25H37N5O3/c1-18(2)33-16-8-15-26-23(31)14-13-22-27-28-25-29(17-19-9-4-3-5-10-19)24(32)20-11-6-7-12-21(20)30(22)25/h3-5,9-10,18,20-21,25,28H,6-8,11-17H2,1-2H3,(H,26,31). The van der Waals surface area contributed by atoms with Gasteiger partial charge in [0.25, 0.3) is 0 Å². The quantitative estimate of drug-likeness (QED) is 0.530. The predicted octanol–water partition coefficient (Wildman–Crippen LogP) is 2.80. The molecule has 180 valence electrons. The summed E-state index contributed by atoms with van der Waals surface area (Å²) in [5, 5.41) is 7.58. The maximum Gasteiger partial charge on any atom is 0.231 e. The number of hydrogen-bond acceptors (Lipinski definition) is 6. The molecule has 8 nitrogen and oxygen atoms in total. The van der Waals surface area contributed by atoms with E-state index in [0.29, 0.717) is 32.5 Å². The molecule has 1 aromatic carbocycles. The zero-order valence-corrected chi connectivity index (χ0v) is 19.8. The molecular weight excluding hydrogens is 418 g/mol. The zero-order chi connectivity index (χ0) is 23.2. The van der Waals surface area contributed by atoms with Gasteiger partial charge in [0.05, 0.1) is 12.0 Å². The fraction of sp³-hybridized carbons (Fsp3) is 0.640. The molecule has 33 heavy (non-hydrogen) atoms. The van der Waals surface area contributed by atoms with Gasteiger partial charge in [0.15, 0.2) is 6.29 Å². The Labute approximate surface area is 196 Å². The fourth-order valence-corrected chi connectivity index (χ4v) is 5.11. The molecule has 3 aliphatic rings. The highest BCUT2D eigenvalue weighted by Crippen LogP contribution is 2.38. The molecule has 0 spiro atoms. The van der Waals surface area contributed by atoms with Crippen molar-refractivity contribution in [1.29, 1.82) is 0 Å². The van der Waals surface area contributed by atoms with Crippen LogP contribution in [-0.4, -0.2) is 59.0 Å². The summed E-state index contributed by atoms with van der Waals surface area (Å²) in [7, 11) is 0. The first-order valence-corrected chi connectivity index (χ1v) is 12.4. The van der Waals surface area contributed by atoms with Gasteiger partial charge in [-0.25, -0.2) is 0 Å². The molecule has 1 saturated heterocycles. The van der Waals surface area contributed by atoms with Crippen LogP contribution >= 0.6 is 0 Å². The van der Waals surface area contributed by atoms with Crippen LogP contribution < -0.4 is 10.7 Å². The van der Waals surface area contributed by atoms with Gasteiger partial charge < -0.3 is 15.0 Å². The summed E-state index contributed by atoms with van der Waals surface area (Å²) in [6, 6.07) is 10.3. The molecule has 2 heterocycles. The van der Waals surface area contributed by atoms with E-state index in [-0.39, 0.29) is 36.2 Å². The van der Waals surface area contributed by atoms with Gasteiger partial charge in [0, 0.05) is 38.6 Å². The minimum Gasteiger partial charge on any atom is -0.379 e. The third-order valence-electron chi connectivity index (χ3n) is 6.72. The van der Waals surface area contributed by atoms with Crippen molar-refractivity contribution < 1.29 is 14.3 Å². The molecule has 1 saturated carbocycles. The van der Waals surface area contributed by atoms with Crippen LogP contribution in [0.25, 0.3) is 0 Å². The van der Waals surface area contributed by atoms with Gasteiger partial charge in [-0.2, -0.15) is 5.10 Å². The highest BCUT2D eigenvalue weighted by atomic mass is 16.5. The van der Waals surface area contributed by atoms with Crippen molar-refractivity contribution in [2.24, 2.45) is 11.0 Å². The second kappa shape index (κ2) is 11.0. The van der Waals surface area contributed by atoms with E-state index in [1.807, 2.05) is 36.9 Å². The maximum absolute atomic E-state index is 13.4. The van der Waals surface area contributed by atoms with Crippen molar-refractivity contribution in [2.75, 3.05) is 13.2 Å². The third kappa shape index (κ3) is 5.66. The number of nitrogens with zero attached hydrogens (tertiary/aromatic N) is 3. The summed E-state index contributed by atoms with van der Waals surface area (Å²) in [6.07, 6.45) is 5.83. The number of carbonyl (C=O) groups is 2. The van der Waals surface area contributed by atoms with Crippen molar-refractivity contribution in [2.45, 2.75) is 83.8 Å². The lowest BCUT2D eigenvalue weighted by Gasteiger charge is -2.50. The fourth-order valence-electron chi connectivity index (χ4n) is 5.11. The summed E-state index contributed by atoms with van der Waals surface area (Å²) in [6.45, 7) is 5.84. The van der Waals surface area contributed by atoms with Crippen LogP contribution in [0.5, 0.6) is 0 Å². The van der Waals surface area contributed by atoms with Crippen LogP contribution in [0.15, 0.2) is 35.4 Å². The second-order valence-corrected chi connectivity index (χ2v) is 9.47. The Hall–Kier alpha value is -2.61. The smallest absolute Gasteiger partial charge is 0.231 e. The van der Waals surface area contributed by atoms with Crippen molar-refractivity contribution in [3.05, 3.63) is 35.9 Å². The number of nitrogens with one attached hydrogen (secondary N) is 2. The van der Waals surface area contributed by atoms with E-state index in [1.165, 1.54) is 0 Å². The van der Waals surface area contributed by atoms with E-state index in [2.05, 4.69) is 32.9 Å². The maximum atomic E-state index is 13.4. The Kier molecular flexibility index (Phi) is 7.85. The molecule has 2 fully saturated rings. The van der Waals surface area contributed by atoms with Gasteiger partial charge in [-0.15, -0.1) is 0 Å². The average Bonchev–Trinajstić information content (AvgIpc) is 3.25. The number of carbonyl (C=O) groups excluding carboxylic acids is 2. The Bertz CT molecular complexity index is 844. The largest absolute Gasteiger partial charge is 0.379 e. The lowest BCUT2D eigenvalue weighted by Crippen LogP contribution is -2.67. The number of amidine groups is 1. The number of fused-ring (bicyclic) bond motifs is 3. The first kappa shape index (κ1) is 23.5. The Morgan fingerprint density at radius 1 is 1.24 bits per heavy atom. The number of rotatable bonds is 10. The van der Waals surface area contributed by atoms with Crippen molar-refractivity contribution >= 4 is 17.6 Å². The summed E-state index contributed by atoms with van der Waals surface area (Å²) in [4.78, 5) is 30.0. The van der Waals surface area contributed by atoms with Crippen LogP contribution in [-0.2, 0) is 20.9 Å². The number of hydrazone groups is 1. The third-order valence-corrected chi connectivity index (χ3v) is 6.72. The predicted molar refractivity (Wildman–Crippen MR) is 127 cm³/mol. The molecule has 1 aromatic rings. The van der Waals surface area contributed by atoms with Crippen LogP contribution in [0.1, 0.15) is 64.4 Å². The summed E-state index contributed by atoms with van der Waals surface area (Å²) >= 11 is 0. The van der Waals surface area contributed by atoms with Crippen LogP contribution in [0.4, 0.5) is 0 Å². The van der Waals surface area contributed by atoms with Crippen molar-refractivity contribution in [1.82, 2.24) is 20.5 Å². The van der Waals surface area contributed by atoms with Gasteiger partial charge in [0.1, 0.15) is 5.84 Å². The molecule has 0 aromatic heterocycles. The van der Waals surface area contributed by atoms with Crippen molar-refractivity contribution in [3.8, 4) is 0 Å². The minimum atomic E-state index is -0.275. The van der Waals surface area contributed by atoms with E-state index in [0.717, 1.165) is 43.5 Å². The summed E-state index contributed by atoms with van der Waals surface area (Å²) < 4.78 is 5.52. The minimum absolute atomic E-state index is 0.00130. The Morgan fingerprint density at radius 2 is 2.03 bits per heavy atom. The highest BCUT2D eigenvalue weighted by molar-refractivity contribution is 5.91. The van der Waals surface area contributed by atoms with E-state index in [9.17, 15) is 9.59 Å². The van der Waals surface area contributed by atoms with Gasteiger partial charge >= 0.3 is 0 Å². The average molecular weight is 456 g/mol. The molecule has 3 unspecified atom stereocenters. The monoisotopic (exact) mass is 455 g/mol. The number of amides is 2. The van der Waals surface area contributed by atoms with Crippen molar-refractivity contribution in [3.63, 3.8) is 0 Å². The molecule has 2 amide bonds. The first-order valence-electron chi connectivity index (χ1n) is 12.4. The topological polar surface area (TPSA) is 86.3 Å². The summed E-state index contributed by atoms with van der Waals surface area (Å²) in [5.74, 6) is 1.13. The molecule has 0 radical (unpaired) electrons. The SMILES string of the molecule is CC(C)OCCCNC(=O)CCC1=NNC2N(Cc3ccccc3)C(=O)C3CCCCC3N12. The normalized spacial score (nSPS) is 24.3. The van der Waals surface area contributed by atoms with Crippen LogP contribution in [0, 0.1) is 5.92 Å². The van der Waals surface area contributed by atoms with E-state index < -0.39 is 0 Å². The number of ether oxygens (including phenoxy) is 1. The Balaban J connectivity index is 1.37. The Morgan fingerprint density at radius 3 is 2.82 bits per heavy atom. The molecule has 1 aliphatic carbocycles. The lowest BCUT2D eigenvalue weighted by molar-refractivity contribution is -0.156. The van der Waals surface area contributed by atoms with Gasteiger partial charge in [-0.3, -0.25) is 19.9 Å². The highest BCUT2D eigenvalue weighted by Gasteiger charge is 2.50. The molecule has 2 N–H and O–H groups in total. The number of benzene rings is 1. The second-order valence-electron chi connectivity index (χ2n) is 9.47.